The van der Waals surface area contributed by atoms with Gasteiger partial charge in [-0.2, -0.15) is 5.10 Å². The van der Waals surface area contributed by atoms with Crippen molar-refractivity contribution in [3.05, 3.63) is 60.6 Å². The summed E-state index contributed by atoms with van der Waals surface area (Å²) < 4.78 is 9.48. The number of aryl methyl sites for hydroxylation is 1. The lowest BCUT2D eigenvalue weighted by Crippen LogP contribution is -2.37. The second-order valence-electron chi connectivity index (χ2n) is 6.84. The molecule has 5 rings (SSSR count). The molecule has 0 spiro atoms. The van der Waals surface area contributed by atoms with Gasteiger partial charge in [-0.1, -0.05) is 6.07 Å². The van der Waals surface area contributed by atoms with Crippen LogP contribution in [-0.2, 0) is 11.3 Å². The number of nitrogens with zero attached hydrogens (tertiary/aromatic N) is 7. The third-order valence-electron chi connectivity index (χ3n) is 4.97. The highest BCUT2D eigenvalue weighted by Gasteiger charge is 2.20. The Morgan fingerprint density at radius 3 is 2.82 bits per heavy atom. The Balaban J connectivity index is 1.52. The molecule has 4 aromatic heterocycles. The zero-order valence-corrected chi connectivity index (χ0v) is 15.7. The van der Waals surface area contributed by atoms with Crippen molar-refractivity contribution in [3.8, 4) is 11.3 Å². The molecule has 1 aliphatic rings. The van der Waals surface area contributed by atoms with Crippen molar-refractivity contribution in [3.63, 3.8) is 0 Å². The van der Waals surface area contributed by atoms with Gasteiger partial charge < -0.3 is 9.64 Å². The highest BCUT2D eigenvalue weighted by atomic mass is 16.5. The van der Waals surface area contributed by atoms with E-state index in [0.717, 1.165) is 60.4 Å². The number of anilines is 1. The molecule has 0 saturated carbocycles. The molecule has 0 radical (unpaired) electrons. The molecule has 1 aliphatic heterocycles. The fourth-order valence-corrected chi connectivity index (χ4v) is 3.65. The van der Waals surface area contributed by atoms with Crippen LogP contribution in [0.5, 0.6) is 0 Å². The molecule has 1 saturated heterocycles. The second-order valence-corrected chi connectivity index (χ2v) is 6.84. The standard InChI is InChI=1S/C20H21N7O/c1-15-18(16-12-23-26(13-16)14-17-4-2-3-5-21-17)27-7-6-22-19(20(27)24-15)25-8-10-28-11-9-25/h2-7,12-13H,8-11,14H2,1H3. The van der Waals surface area contributed by atoms with E-state index in [2.05, 4.69) is 24.4 Å². The van der Waals surface area contributed by atoms with Crippen LogP contribution in [0.1, 0.15) is 11.4 Å². The van der Waals surface area contributed by atoms with Crippen LogP contribution in [0.15, 0.2) is 49.2 Å². The first-order valence-electron chi connectivity index (χ1n) is 9.39. The van der Waals surface area contributed by atoms with Crippen LogP contribution < -0.4 is 4.90 Å². The van der Waals surface area contributed by atoms with Crippen molar-refractivity contribution in [2.24, 2.45) is 0 Å². The molecule has 8 heteroatoms. The number of rotatable bonds is 4. The van der Waals surface area contributed by atoms with E-state index in [4.69, 9.17) is 9.72 Å². The van der Waals surface area contributed by atoms with E-state index in [9.17, 15) is 0 Å². The van der Waals surface area contributed by atoms with Crippen molar-refractivity contribution in [2.75, 3.05) is 31.2 Å². The van der Waals surface area contributed by atoms with Crippen molar-refractivity contribution < 1.29 is 4.74 Å². The lowest BCUT2D eigenvalue weighted by molar-refractivity contribution is 0.122. The molecule has 0 amide bonds. The first-order chi connectivity index (χ1) is 13.8. The Kier molecular flexibility index (Phi) is 4.25. The van der Waals surface area contributed by atoms with Gasteiger partial charge in [0.25, 0.3) is 0 Å². The molecule has 0 unspecified atom stereocenters. The van der Waals surface area contributed by atoms with Gasteiger partial charge in [-0.05, 0) is 19.1 Å². The first kappa shape index (κ1) is 16.9. The van der Waals surface area contributed by atoms with Gasteiger partial charge in [-0.3, -0.25) is 14.1 Å². The maximum atomic E-state index is 5.47. The van der Waals surface area contributed by atoms with E-state index in [0.29, 0.717) is 6.54 Å². The fraction of sp³-hybridized carbons (Fsp3) is 0.300. The van der Waals surface area contributed by atoms with Crippen LogP contribution in [0, 0.1) is 6.92 Å². The molecular formula is C20H21N7O. The van der Waals surface area contributed by atoms with Crippen LogP contribution in [0.25, 0.3) is 16.9 Å². The summed E-state index contributed by atoms with van der Waals surface area (Å²) in [6.45, 7) is 5.76. The monoisotopic (exact) mass is 375 g/mol. The lowest BCUT2D eigenvalue weighted by Gasteiger charge is -2.27. The van der Waals surface area contributed by atoms with Crippen LogP contribution in [0.2, 0.25) is 0 Å². The van der Waals surface area contributed by atoms with E-state index in [-0.39, 0.29) is 0 Å². The van der Waals surface area contributed by atoms with E-state index in [1.54, 1.807) is 6.20 Å². The van der Waals surface area contributed by atoms with Crippen LogP contribution in [-0.4, -0.2) is 55.4 Å². The van der Waals surface area contributed by atoms with Gasteiger partial charge in [0.15, 0.2) is 11.5 Å². The van der Waals surface area contributed by atoms with Gasteiger partial charge in [0.05, 0.1) is 43.0 Å². The minimum absolute atomic E-state index is 0.636. The summed E-state index contributed by atoms with van der Waals surface area (Å²) in [7, 11) is 0. The molecule has 4 aromatic rings. The van der Waals surface area contributed by atoms with Crippen molar-refractivity contribution in [1.82, 2.24) is 29.1 Å². The molecule has 28 heavy (non-hydrogen) atoms. The average molecular weight is 375 g/mol. The summed E-state index contributed by atoms with van der Waals surface area (Å²) in [6.07, 6.45) is 9.52. The highest BCUT2D eigenvalue weighted by molar-refractivity contribution is 5.73. The number of aromatic nitrogens is 6. The second kappa shape index (κ2) is 7.05. The van der Waals surface area contributed by atoms with Gasteiger partial charge in [0.2, 0.25) is 0 Å². The first-order valence-corrected chi connectivity index (χ1v) is 9.39. The largest absolute Gasteiger partial charge is 0.378 e. The third kappa shape index (κ3) is 3.01. The number of hydrogen-bond acceptors (Lipinski definition) is 6. The quantitative estimate of drug-likeness (QED) is 0.544. The van der Waals surface area contributed by atoms with Gasteiger partial charge >= 0.3 is 0 Å². The Morgan fingerprint density at radius 2 is 2.00 bits per heavy atom. The minimum atomic E-state index is 0.636. The van der Waals surface area contributed by atoms with Crippen LogP contribution in [0.3, 0.4) is 0 Å². The molecule has 142 valence electrons. The Hall–Kier alpha value is -3.26. The molecule has 1 fully saturated rings. The molecule has 0 aromatic carbocycles. The Morgan fingerprint density at radius 1 is 1.11 bits per heavy atom. The predicted molar refractivity (Wildman–Crippen MR) is 105 cm³/mol. The summed E-state index contributed by atoms with van der Waals surface area (Å²) in [4.78, 5) is 16.0. The smallest absolute Gasteiger partial charge is 0.181 e. The molecule has 0 bridgehead atoms. The summed E-state index contributed by atoms with van der Waals surface area (Å²) in [6, 6.07) is 5.91. The molecule has 0 N–H and O–H groups in total. The Labute approximate surface area is 162 Å². The fourth-order valence-electron chi connectivity index (χ4n) is 3.65. The topological polar surface area (TPSA) is 73.4 Å². The molecule has 0 aliphatic carbocycles. The van der Waals surface area contributed by atoms with E-state index >= 15 is 0 Å². The molecule has 5 heterocycles. The Bertz CT molecular complexity index is 1100. The number of imidazole rings is 1. The molecule has 8 nitrogen and oxygen atoms in total. The summed E-state index contributed by atoms with van der Waals surface area (Å²) in [5.41, 5.74) is 4.87. The van der Waals surface area contributed by atoms with Crippen molar-refractivity contribution in [1.29, 1.82) is 0 Å². The van der Waals surface area contributed by atoms with Crippen molar-refractivity contribution in [2.45, 2.75) is 13.5 Å². The number of hydrogen-bond donors (Lipinski definition) is 0. The lowest BCUT2D eigenvalue weighted by atomic mass is 10.2. The summed E-state index contributed by atoms with van der Waals surface area (Å²) >= 11 is 0. The number of pyridine rings is 1. The predicted octanol–water partition coefficient (Wildman–Crippen LogP) is 2.18. The third-order valence-corrected chi connectivity index (χ3v) is 4.97. The summed E-state index contributed by atoms with van der Waals surface area (Å²) in [5, 5.41) is 4.52. The maximum absolute atomic E-state index is 5.47. The SMILES string of the molecule is Cc1nc2c(N3CCOCC3)nccn2c1-c1cnn(Cc2ccccn2)c1. The van der Waals surface area contributed by atoms with E-state index in [1.165, 1.54) is 0 Å². The zero-order valence-electron chi connectivity index (χ0n) is 15.7. The summed E-state index contributed by atoms with van der Waals surface area (Å²) in [5.74, 6) is 0.904. The van der Waals surface area contributed by atoms with Gasteiger partial charge in [0, 0.05) is 43.4 Å². The number of ether oxygens (including phenoxy) is 1. The zero-order chi connectivity index (χ0) is 18.9. The molecule has 0 atom stereocenters. The van der Waals surface area contributed by atoms with Gasteiger partial charge in [-0.25, -0.2) is 9.97 Å². The maximum Gasteiger partial charge on any atom is 0.181 e. The van der Waals surface area contributed by atoms with Gasteiger partial charge in [-0.15, -0.1) is 0 Å². The van der Waals surface area contributed by atoms with E-state index in [1.807, 2.05) is 54.6 Å². The average Bonchev–Trinajstić information content (AvgIpc) is 3.32. The number of morpholine rings is 1. The van der Waals surface area contributed by atoms with Crippen molar-refractivity contribution >= 4 is 11.5 Å². The van der Waals surface area contributed by atoms with E-state index < -0.39 is 0 Å². The normalized spacial score (nSPS) is 14.7. The number of fused-ring (bicyclic) bond motifs is 1. The molecular weight excluding hydrogens is 354 g/mol. The van der Waals surface area contributed by atoms with Crippen LogP contribution in [0.4, 0.5) is 5.82 Å². The van der Waals surface area contributed by atoms with Gasteiger partial charge in [0.1, 0.15) is 0 Å². The minimum Gasteiger partial charge on any atom is -0.378 e. The highest BCUT2D eigenvalue weighted by Crippen LogP contribution is 2.28. The van der Waals surface area contributed by atoms with Crippen LogP contribution >= 0.6 is 0 Å².